The molecule has 7 nitrogen and oxygen atoms in total. The standard InChI is InChI=1S/C15H16NO6P/c17-11-4-1-10(2-5-11)3-8-15(19)13-9-12(18)6-7-14(13)16-23(20,21)22/h1-2,4-7,9,13,17-18H,3,8H2,(H2,20,21,22)/b16-14+. The summed E-state index contributed by atoms with van der Waals surface area (Å²) in [7, 11) is -4.67. The Kier molecular flexibility index (Phi) is 5.15. The Morgan fingerprint density at radius 2 is 1.78 bits per heavy atom. The van der Waals surface area contributed by atoms with Crippen molar-refractivity contribution in [2.24, 2.45) is 10.7 Å². The number of phenols is 1. The van der Waals surface area contributed by atoms with Gasteiger partial charge >= 0.3 is 7.75 Å². The van der Waals surface area contributed by atoms with Crippen LogP contribution in [0.15, 0.2) is 53.0 Å². The summed E-state index contributed by atoms with van der Waals surface area (Å²) in [5.74, 6) is -1.34. The van der Waals surface area contributed by atoms with E-state index in [9.17, 15) is 19.6 Å². The molecule has 0 amide bonds. The number of aryl methyl sites for hydroxylation is 1. The molecule has 4 N–H and O–H groups in total. The van der Waals surface area contributed by atoms with Gasteiger partial charge in [0.05, 0.1) is 11.6 Å². The van der Waals surface area contributed by atoms with Crippen molar-refractivity contribution in [3.05, 3.63) is 53.8 Å². The Bertz CT molecular complexity index is 729. The molecule has 1 aliphatic rings. The van der Waals surface area contributed by atoms with Gasteiger partial charge in [0.1, 0.15) is 17.3 Å². The van der Waals surface area contributed by atoms with E-state index in [1.807, 2.05) is 0 Å². The van der Waals surface area contributed by atoms with Gasteiger partial charge in [-0.15, -0.1) is 0 Å². The molecule has 1 aliphatic carbocycles. The molecule has 1 aromatic carbocycles. The number of aliphatic hydroxyl groups excluding tert-OH is 1. The van der Waals surface area contributed by atoms with E-state index in [0.717, 1.165) is 5.56 Å². The van der Waals surface area contributed by atoms with Gasteiger partial charge in [0.25, 0.3) is 0 Å². The normalized spacial score (nSPS) is 19.7. The number of Topliss-reactive ketones (excluding diaryl/α,β-unsaturated/α-hetero) is 1. The molecule has 122 valence electrons. The Labute approximate surface area is 132 Å². The highest BCUT2D eigenvalue weighted by atomic mass is 31.2. The molecule has 0 aromatic heterocycles. The summed E-state index contributed by atoms with van der Waals surface area (Å²) >= 11 is 0. The van der Waals surface area contributed by atoms with Gasteiger partial charge in [0.2, 0.25) is 0 Å². The van der Waals surface area contributed by atoms with E-state index >= 15 is 0 Å². The molecule has 23 heavy (non-hydrogen) atoms. The van der Waals surface area contributed by atoms with Crippen LogP contribution in [0.25, 0.3) is 0 Å². The molecule has 0 radical (unpaired) electrons. The molecule has 1 unspecified atom stereocenters. The molecular weight excluding hydrogens is 321 g/mol. The van der Waals surface area contributed by atoms with Gasteiger partial charge in [0, 0.05) is 6.42 Å². The summed E-state index contributed by atoms with van der Waals surface area (Å²) in [6.45, 7) is 0. The summed E-state index contributed by atoms with van der Waals surface area (Å²) in [5, 5.41) is 18.7. The maximum absolute atomic E-state index is 12.3. The van der Waals surface area contributed by atoms with Crippen molar-refractivity contribution in [2.45, 2.75) is 12.8 Å². The fourth-order valence-electron chi connectivity index (χ4n) is 2.18. The molecule has 0 saturated heterocycles. The molecular formula is C15H16NO6P. The lowest BCUT2D eigenvalue weighted by atomic mass is 9.90. The lowest BCUT2D eigenvalue weighted by molar-refractivity contribution is -0.119. The lowest BCUT2D eigenvalue weighted by Gasteiger charge is -2.16. The zero-order valence-corrected chi connectivity index (χ0v) is 12.9. The summed E-state index contributed by atoms with van der Waals surface area (Å²) in [4.78, 5) is 30.2. The number of hydrogen-bond donors (Lipinski definition) is 4. The number of benzene rings is 1. The smallest absolute Gasteiger partial charge is 0.448 e. The van der Waals surface area contributed by atoms with Crippen molar-refractivity contribution < 1.29 is 29.4 Å². The van der Waals surface area contributed by atoms with Crippen LogP contribution in [0.1, 0.15) is 12.0 Å². The molecule has 0 saturated carbocycles. The van der Waals surface area contributed by atoms with Gasteiger partial charge in [0.15, 0.2) is 0 Å². The fourth-order valence-corrected chi connectivity index (χ4v) is 2.67. The minimum absolute atomic E-state index is 0.0770. The third-order valence-corrected chi connectivity index (χ3v) is 3.76. The van der Waals surface area contributed by atoms with Crippen molar-refractivity contribution >= 4 is 19.2 Å². The summed E-state index contributed by atoms with van der Waals surface area (Å²) in [6, 6.07) is 6.38. The number of ketones is 1. The average molecular weight is 337 g/mol. The van der Waals surface area contributed by atoms with E-state index in [1.54, 1.807) is 12.1 Å². The van der Waals surface area contributed by atoms with Crippen molar-refractivity contribution in [1.29, 1.82) is 0 Å². The van der Waals surface area contributed by atoms with E-state index in [1.165, 1.54) is 30.4 Å². The van der Waals surface area contributed by atoms with Crippen LogP contribution in [-0.4, -0.2) is 31.5 Å². The summed E-state index contributed by atoms with van der Waals surface area (Å²) in [6.07, 6.45) is 4.16. The van der Waals surface area contributed by atoms with Crippen molar-refractivity contribution in [3.8, 4) is 5.75 Å². The van der Waals surface area contributed by atoms with Crippen LogP contribution in [-0.2, 0) is 15.8 Å². The molecule has 0 fully saturated rings. The molecule has 8 heteroatoms. The minimum atomic E-state index is -4.67. The lowest BCUT2D eigenvalue weighted by Crippen LogP contribution is -2.24. The first kappa shape index (κ1) is 17.1. The Balaban J connectivity index is 2.12. The highest BCUT2D eigenvalue weighted by molar-refractivity contribution is 7.50. The highest BCUT2D eigenvalue weighted by Crippen LogP contribution is 2.38. The van der Waals surface area contributed by atoms with Crippen LogP contribution >= 0.6 is 7.75 Å². The monoisotopic (exact) mass is 337 g/mol. The minimum Gasteiger partial charge on any atom is -0.508 e. The highest BCUT2D eigenvalue weighted by Gasteiger charge is 2.26. The van der Waals surface area contributed by atoms with Crippen molar-refractivity contribution in [2.75, 3.05) is 0 Å². The van der Waals surface area contributed by atoms with Gasteiger partial charge < -0.3 is 20.0 Å². The largest absolute Gasteiger partial charge is 0.508 e. The van der Waals surface area contributed by atoms with E-state index in [4.69, 9.17) is 9.79 Å². The second kappa shape index (κ2) is 6.91. The first-order chi connectivity index (χ1) is 10.7. The molecule has 0 spiro atoms. The van der Waals surface area contributed by atoms with Gasteiger partial charge in [-0.25, -0.2) is 4.57 Å². The van der Waals surface area contributed by atoms with Crippen LogP contribution in [0.4, 0.5) is 0 Å². The number of aromatic hydroxyl groups is 1. The average Bonchev–Trinajstić information content (AvgIpc) is 2.47. The third-order valence-electron chi connectivity index (χ3n) is 3.27. The Morgan fingerprint density at radius 1 is 1.13 bits per heavy atom. The second-order valence-electron chi connectivity index (χ2n) is 5.07. The summed E-state index contributed by atoms with van der Waals surface area (Å²) < 4.78 is 14.3. The van der Waals surface area contributed by atoms with Gasteiger partial charge in [-0.2, -0.15) is 4.76 Å². The topological polar surface area (TPSA) is 127 Å². The number of carbonyl (C=O) groups excluding carboxylic acids is 1. The van der Waals surface area contributed by atoms with Crippen molar-refractivity contribution in [1.82, 2.24) is 0 Å². The SMILES string of the molecule is O=C(CCc1ccc(O)cc1)C1C=C(O)C=C/C1=N\P(=O)(O)O. The van der Waals surface area contributed by atoms with E-state index in [2.05, 4.69) is 4.76 Å². The van der Waals surface area contributed by atoms with Crippen LogP contribution < -0.4 is 0 Å². The van der Waals surface area contributed by atoms with Crippen LogP contribution in [0.3, 0.4) is 0 Å². The van der Waals surface area contributed by atoms with E-state index < -0.39 is 13.7 Å². The number of aliphatic hydroxyl groups is 1. The third kappa shape index (κ3) is 5.17. The molecule has 1 atom stereocenters. The number of carbonyl (C=O) groups is 1. The van der Waals surface area contributed by atoms with Crippen LogP contribution in [0, 0.1) is 5.92 Å². The summed E-state index contributed by atoms with van der Waals surface area (Å²) in [5.41, 5.74) is 0.760. The molecule has 0 aliphatic heterocycles. The number of nitrogens with zero attached hydrogens (tertiary/aromatic N) is 1. The zero-order valence-electron chi connectivity index (χ0n) is 12.0. The first-order valence-electron chi connectivity index (χ1n) is 6.80. The maximum atomic E-state index is 12.3. The van der Waals surface area contributed by atoms with Crippen LogP contribution in [0.2, 0.25) is 0 Å². The molecule has 1 aromatic rings. The number of phenolic OH excluding ortho intramolecular Hbond substituents is 1. The predicted molar refractivity (Wildman–Crippen MR) is 84.3 cm³/mol. The van der Waals surface area contributed by atoms with E-state index in [-0.39, 0.29) is 29.4 Å². The van der Waals surface area contributed by atoms with Gasteiger partial charge in [-0.3, -0.25) is 4.79 Å². The van der Waals surface area contributed by atoms with Crippen molar-refractivity contribution in [3.63, 3.8) is 0 Å². The molecule has 0 bridgehead atoms. The second-order valence-corrected chi connectivity index (χ2v) is 6.30. The zero-order chi connectivity index (χ0) is 17.0. The van der Waals surface area contributed by atoms with Crippen LogP contribution in [0.5, 0.6) is 5.75 Å². The quantitative estimate of drug-likeness (QED) is 0.609. The number of hydrogen-bond acceptors (Lipinski definition) is 4. The fraction of sp³-hybridized carbons (Fsp3) is 0.200. The molecule has 2 rings (SSSR count). The molecule has 0 heterocycles. The van der Waals surface area contributed by atoms with Gasteiger partial charge in [-0.1, -0.05) is 12.1 Å². The number of allylic oxidation sites excluding steroid dienone is 3. The Morgan fingerprint density at radius 3 is 2.39 bits per heavy atom. The van der Waals surface area contributed by atoms with Gasteiger partial charge in [-0.05, 0) is 42.3 Å². The Hall–Kier alpha value is -2.21. The maximum Gasteiger partial charge on any atom is 0.448 e. The first-order valence-corrected chi connectivity index (χ1v) is 8.36. The number of rotatable bonds is 5. The van der Waals surface area contributed by atoms with E-state index in [0.29, 0.717) is 6.42 Å². The predicted octanol–water partition coefficient (Wildman–Crippen LogP) is 2.06.